The van der Waals surface area contributed by atoms with Crippen molar-refractivity contribution in [2.75, 3.05) is 18.5 Å². The highest BCUT2D eigenvalue weighted by molar-refractivity contribution is 6.34. The molecule has 0 atom stereocenters. The number of rotatable bonds is 4. The first-order valence-electron chi connectivity index (χ1n) is 10.2. The van der Waals surface area contributed by atoms with Gasteiger partial charge in [-0.15, -0.1) is 0 Å². The summed E-state index contributed by atoms with van der Waals surface area (Å²) in [7, 11) is 0. The number of alkyl halides is 3. The van der Waals surface area contributed by atoms with Gasteiger partial charge >= 0.3 is 6.18 Å². The molecule has 11 heteroatoms. The third kappa shape index (κ3) is 4.75. The van der Waals surface area contributed by atoms with Gasteiger partial charge in [0.25, 0.3) is 5.91 Å². The molecule has 7 nitrogen and oxygen atoms in total. The van der Waals surface area contributed by atoms with Crippen molar-refractivity contribution in [2.45, 2.75) is 32.4 Å². The molecule has 0 fully saturated rings. The van der Waals surface area contributed by atoms with E-state index < -0.39 is 17.6 Å². The maximum atomic E-state index is 13.1. The van der Waals surface area contributed by atoms with Crippen LogP contribution in [0, 0.1) is 0 Å². The van der Waals surface area contributed by atoms with Gasteiger partial charge in [-0.25, -0.2) is 9.67 Å². The third-order valence-electron chi connectivity index (χ3n) is 4.98. The fraction of sp³-hybridized carbons (Fsp3) is 0.318. The van der Waals surface area contributed by atoms with Gasteiger partial charge in [0.2, 0.25) is 0 Å². The van der Waals surface area contributed by atoms with Gasteiger partial charge in [0.15, 0.2) is 17.3 Å². The van der Waals surface area contributed by atoms with Crippen LogP contribution in [0.1, 0.15) is 47.8 Å². The van der Waals surface area contributed by atoms with E-state index in [2.05, 4.69) is 15.4 Å². The number of ether oxygens (including phenoxy) is 2. The van der Waals surface area contributed by atoms with Gasteiger partial charge in [-0.2, -0.15) is 18.3 Å². The topological polar surface area (TPSA) is 78.3 Å². The summed E-state index contributed by atoms with van der Waals surface area (Å²) in [6.45, 7) is 4.67. The minimum Gasteiger partial charge on any atom is -0.490 e. The molecule has 3 aromatic rings. The lowest BCUT2D eigenvalue weighted by atomic mass is 10.1. The van der Waals surface area contributed by atoms with E-state index in [1.807, 2.05) is 13.8 Å². The highest BCUT2D eigenvalue weighted by Crippen LogP contribution is 2.38. The third-order valence-corrected chi connectivity index (χ3v) is 5.29. The van der Waals surface area contributed by atoms with Crippen molar-refractivity contribution >= 4 is 23.2 Å². The van der Waals surface area contributed by atoms with E-state index >= 15 is 0 Å². The van der Waals surface area contributed by atoms with Crippen LogP contribution < -0.4 is 14.8 Å². The smallest absolute Gasteiger partial charge is 0.417 e. The van der Waals surface area contributed by atoms with Crippen molar-refractivity contribution in [3.8, 4) is 17.3 Å². The highest BCUT2D eigenvalue weighted by atomic mass is 35.5. The molecule has 0 saturated heterocycles. The molecule has 0 saturated carbocycles. The summed E-state index contributed by atoms with van der Waals surface area (Å²) >= 11 is 6.33. The minimum absolute atomic E-state index is 0.166. The minimum atomic E-state index is -4.50. The van der Waals surface area contributed by atoms with Crippen molar-refractivity contribution < 1.29 is 27.4 Å². The Hall–Kier alpha value is -3.27. The molecule has 0 radical (unpaired) electrons. The van der Waals surface area contributed by atoms with Gasteiger partial charge in [-0.05, 0) is 18.1 Å². The van der Waals surface area contributed by atoms with Crippen LogP contribution in [0.5, 0.6) is 11.5 Å². The maximum Gasteiger partial charge on any atom is 0.417 e. The maximum absolute atomic E-state index is 13.1. The first kappa shape index (κ1) is 22.9. The number of anilines is 1. The summed E-state index contributed by atoms with van der Waals surface area (Å²) in [4.78, 5) is 17.0. The zero-order valence-electron chi connectivity index (χ0n) is 17.7. The van der Waals surface area contributed by atoms with Crippen LogP contribution >= 0.6 is 11.6 Å². The number of fused-ring (bicyclic) bond motifs is 1. The standard InChI is InChI=1S/C22H20ClF3N4O3/c1-12(2)20-14(11-28-30(20)19-5-4-13(10-27-19)22(24,25)26)21(31)29-16-9-18-17(8-15(16)23)32-6-3-7-33-18/h4-5,8-12H,3,6-7H2,1-2H3,(H,29,31). The second-order valence-electron chi connectivity index (χ2n) is 7.70. The Bertz CT molecular complexity index is 1180. The van der Waals surface area contributed by atoms with E-state index in [0.717, 1.165) is 18.7 Å². The van der Waals surface area contributed by atoms with Crippen LogP contribution in [-0.2, 0) is 6.18 Å². The summed E-state index contributed by atoms with van der Waals surface area (Å²) < 4.78 is 51.2. The van der Waals surface area contributed by atoms with E-state index in [0.29, 0.717) is 36.1 Å². The van der Waals surface area contributed by atoms with Crippen molar-refractivity contribution in [1.29, 1.82) is 0 Å². The molecule has 0 unspecified atom stereocenters. The number of aromatic nitrogens is 3. The largest absolute Gasteiger partial charge is 0.490 e. The van der Waals surface area contributed by atoms with Gasteiger partial charge in [0.1, 0.15) is 0 Å². The highest BCUT2D eigenvalue weighted by Gasteiger charge is 2.31. The van der Waals surface area contributed by atoms with Crippen LogP contribution in [-0.4, -0.2) is 33.9 Å². The number of carbonyl (C=O) groups is 1. The Morgan fingerprint density at radius 3 is 2.45 bits per heavy atom. The molecule has 33 heavy (non-hydrogen) atoms. The van der Waals surface area contributed by atoms with Crippen LogP contribution in [0.4, 0.5) is 18.9 Å². The first-order valence-corrected chi connectivity index (χ1v) is 10.5. The normalized spacial score (nSPS) is 13.7. The number of nitrogens with zero attached hydrogens (tertiary/aromatic N) is 3. The monoisotopic (exact) mass is 480 g/mol. The van der Waals surface area contributed by atoms with E-state index in [-0.39, 0.29) is 22.3 Å². The summed E-state index contributed by atoms with van der Waals surface area (Å²) in [6.07, 6.45) is -1.69. The van der Waals surface area contributed by atoms with E-state index in [4.69, 9.17) is 21.1 Å². The average molecular weight is 481 g/mol. The molecular formula is C22H20ClF3N4O3. The number of benzene rings is 1. The number of halogens is 4. The van der Waals surface area contributed by atoms with E-state index in [1.54, 1.807) is 12.1 Å². The van der Waals surface area contributed by atoms with E-state index in [9.17, 15) is 18.0 Å². The van der Waals surface area contributed by atoms with Crippen LogP contribution in [0.15, 0.2) is 36.7 Å². The molecule has 2 aromatic heterocycles. The lowest BCUT2D eigenvalue weighted by Crippen LogP contribution is -2.16. The Morgan fingerprint density at radius 2 is 1.85 bits per heavy atom. The van der Waals surface area contributed by atoms with Gasteiger partial charge in [0.05, 0.1) is 46.9 Å². The van der Waals surface area contributed by atoms with Gasteiger partial charge < -0.3 is 14.8 Å². The van der Waals surface area contributed by atoms with Crippen LogP contribution in [0.2, 0.25) is 5.02 Å². The number of hydrogen-bond donors (Lipinski definition) is 1. The molecule has 1 amide bonds. The second-order valence-corrected chi connectivity index (χ2v) is 8.10. The molecule has 4 rings (SSSR count). The molecule has 1 aliphatic rings. The summed E-state index contributed by atoms with van der Waals surface area (Å²) in [5.41, 5.74) is 0.202. The summed E-state index contributed by atoms with van der Waals surface area (Å²) in [5.74, 6) is 0.477. The molecular weight excluding hydrogens is 461 g/mol. The van der Waals surface area contributed by atoms with Gasteiger partial charge in [-0.1, -0.05) is 25.4 Å². The van der Waals surface area contributed by atoms with Crippen molar-refractivity contribution in [3.63, 3.8) is 0 Å². The number of nitrogens with one attached hydrogen (secondary N) is 1. The molecule has 3 heterocycles. The van der Waals surface area contributed by atoms with Gasteiger partial charge in [0, 0.05) is 24.8 Å². The van der Waals surface area contributed by atoms with E-state index in [1.165, 1.54) is 16.9 Å². The SMILES string of the molecule is CC(C)c1c(C(=O)Nc2cc3c(cc2Cl)OCCCO3)cnn1-c1ccc(C(F)(F)F)cn1. The number of carbonyl (C=O) groups excluding carboxylic acids is 1. The number of amides is 1. The fourth-order valence-electron chi connectivity index (χ4n) is 3.42. The zero-order valence-corrected chi connectivity index (χ0v) is 18.5. The molecule has 0 bridgehead atoms. The van der Waals surface area contributed by atoms with Crippen LogP contribution in [0.25, 0.3) is 5.82 Å². The van der Waals surface area contributed by atoms with Gasteiger partial charge in [-0.3, -0.25) is 4.79 Å². The Morgan fingerprint density at radius 1 is 1.15 bits per heavy atom. The van der Waals surface area contributed by atoms with Crippen molar-refractivity contribution in [3.05, 3.63) is 58.5 Å². The number of hydrogen-bond acceptors (Lipinski definition) is 5. The van der Waals surface area contributed by atoms with Crippen molar-refractivity contribution in [1.82, 2.24) is 14.8 Å². The quantitative estimate of drug-likeness (QED) is 0.535. The lowest BCUT2D eigenvalue weighted by Gasteiger charge is -2.14. The second kappa shape index (κ2) is 8.93. The molecule has 0 aliphatic carbocycles. The molecule has 1 N–H and O–H groups in total. The summed E-state index contributed by atoms with van der Waals surface area (Å²) in [5, 5.41) is 7.23. The summed E-state index contributed by atoms with van der Waals surface area (Å²) in [6, 6.07) is 5.31. The predicted molar refractivity (Wildman–Crippen MR) is 115 cm³/mol. The molecule has 174 valence electrons. The molecule has 1 aliphatic heterocycles. The first-order chi connectivity index (χ1) is 15.6. The molecule has 0 spiro atoms. The zero-order chi connectivity index (χ0) is 23.8. The Labute approximate surface area is 192 Å². The predicted octanol–water partition coefficient (Wildman–Crippen LogP) is 5.48. The number of pyridine rings is 1. The Kier molecular flexibility index (Phi) is 6.20. The Balaban J connectivity index is 1.64. The fourth-order valence-corrected chi connectivity index (χ4v) is 3.62. The average Bonchev–Trinajstić information content (AvgIpc) is 3.09. The lowest BCUT2D eigenvalue weighted by molar-refractivity contribution is -0.137. The molecule has 1 aromatic carbocycles. The van der Waals surface area contributed by atoms with Crippen LogP contribution in [0.3, 0.4) is 0 Å². The van der Waals surface area contributed by atoms with Crippen molar-refractivity contribution in [2.24, 2.45) is 0 Å².